The number of nitrogens with two attached hydrogens (primary N) is 2. The molecule has 0 rings (SSSR count). The van der Waals surface area contributed by atoms with E-state index in [1.54, 1.807) is 21.6 Å². The Bertz CT molecular complexity index is 47.1. The highest BCUT2D eigenvalue weighted by Crippen LogP contribution is 2.18. The first kappa shape index (κ1) is 9.58. The largest absolute Gasteiger partial charge is 0.330 e. The Morgan fingerprint density at radius 2 is 1.89 bits per heavy atom. The quantitative estimate of drug-likeness (QED) is 0.221. The molecule has 0 aromatic heterocycles. The molecule has 3 nitrogen and oxygen atoms in total. The predicted molar refractivity (Wildman–Crippen MR) is 46.2 cm³/mol. The summed E-state index contributed by atoms with van der Waals surface area (Å²) in [6.07, 6.45) is 0. The molecule has 9 heavy (non-hydrogen) atoms. The van der Waals surface area contributed by atoms with E-state index in [0.717, 1.165) is 24.6 Å². The van der Waals surface area contributed by atoms with Gasteiger partial charge in [-0.2, -0.15) is 0 Å². The smallest absolute Gasteiger partial charge is 0.0197 e. The molecule has 0 radical (unpaired) electrons. The lowest BCUT2D eigenvalue weighted by Gasteiger charge is -1.96. The van der Waals surface area contributed by atoms with Crippen molar-refractivity contribution in [2.45, 2.75) is 0 Å². The molecule has 5 N–H and O–H groups in total. The zero-order valence-corrected chi connectivity index (χ0v) is 6.93. The van der Waals surface area contributed by atoms with E-state index in [4.69, 9.17) is 11.6 Å². The van der Waals surface area contributed by atoms with Gasteiger partial charge < -0.3 is 5.73 Å². The summed E-state index contributed by atoms with van der Waals surface area (Å²) < 4.78 is 0. The normalized spacial score (nSPS) is 10.0. The van der Waals surface area contributed by atoms with E-state index in [-0.39, 0.29) is 0 Å². The van der Waals surface area contributed by atoms with Gasteiger partial charge in [0.25, 0.3) is 0 Å². The van der Waals surface area contributed by atoms with E-state index >= 15 is 0 Å². The van der Waals surface area contributed by atoms with Gasteiger partial charge in [0.1, 0.15) is 0 Å². The van der Waals surface area contributed by atoms with Crippen LogP contribution in [0.5, 0.6) is 0 Å². The van der Waals surface area contributed by atoms with Gasteiger partial charge in [0.2, 0.25) is 0 Å². The van der Waals surface area contributed by atoms with Gasteiger partial charge in [-0.15, -0.1) is 0 Å². The van der Waals surface area contributed by atoms with Crippen molar-refractivity contribution >= 4 is 21.6 Å². The number of hydrazine groups is 1. The third-order valence-electron chi connectivity index (χ3n) is 0.614. The van der Waals surface area contributed by atoms with Gasteiger partial charge in [-0.25, -0.2) is 0 Å². The van der Waals surface area contributed by atoms with Crippen molar-refractivity contribution in [1.82, 2.24) is 5.43 Å². The minimum absolute atomic E-state index is 0.758. The third-order valence-corrected chi connectivity index (χ3v) is 3.05. The van der Waals surface area contributed by atoms with Crippen LogP contribution in [-0.2, 0) is 0 Å². The molecule has 0 saturated heterocycles. The van der Waals surface area contributed by atoms with Gasteiger partial charge in [0.05, 0.1) is 0 Å². The molecule has 0 aliphatic carbocycles. The first-order valence-electron chi connectivity index (χ1n) is 2.79. The first-order chi connectivity index (χ1) is 4.41. The lowest BCUT2D eigenvalue weighted by molar-refractivity contribution is 0.788. The average Bonchev–Trinajstić information content (AvgIpc) is 1.89. The predicted octanol–water partition coefficient (Wildman–Crippen LogP) is -0.210. The second kappa shape index (κ2) is 8.58. The van der Waals surface area contributed by atoms with Crippen LogP contribution in [0.4, 0.5) is 0 Å². The fourth-order valence-electron chi connectivity index (χ4n) is 0.267. The third kappa shape index (κ3) is 8.58. The van der Waals surface area contributed by atoms with Crippen LogP contribution in [0.1, 0.15) is 0 Å². The molecule has 0 fully saturated rings. The van der Waals surface area contributed by atoms with E-state index in [0.29, 0.717) is 0 Å². The molecule has 0 unspecified atom stereocenters. The summed E-state index contributed by atoms with van der Waals surface area (Å²) in [6.45, 7) is 1.62. The standard InChI is InChI=1S/C4H13N3S2/c5-1-3-8-9-4-2-7-6/h7H,1-6H2. The van der Waals surface area contributed by atoms with Crippen LogP contribution < -0.4 is 17.0 Å². The van der Waals surface area contributed by atoms with E-state index in [2.05, 4.69) is 5.43 Å². The highest BCUT2D eigenvalue weighted by atomic mass is 33.1. The van der Waals surface area contributed by atoms with Crippen molar-refractivity contribution in [2.24, 2.45) is 11.6 Å². The summed E-state index contributed by atoms with van der Waals surface area (Å²) in [5.74, 6) is 7.11. The Balaban J connectivity index is 2.60. The Kier molecular flexibility index (Phi) is 9.13. The Labute approximate surface area is 63.7 Å². The maximum Gasteiger partial charge on any atom is 0.0197 e. The van der Waals surface area contributed by atoms with Crippen LogP contribution in [0.15, 0.2) is 0 Å². The summed E-state index contributed by atoms with van der Waals surface area (Å²) in [6, 6.07) is 0. The van der Waals surface area contributed by atoms with Crippen molar-refractivity contribution in [3.05, 3.63) is 0 Å². The fraction of sp³-hybridized carbons (Fsp3) is 1.00. The van der Waals surface area contributed by atoms with Crippen LogP contribution in [-0.4, -0.2) is 24.6 Å². The van der Waals surface area contributed by atoms with Gasteiger partial charge in [0, 0.05) is 24.6 Å². The van der Waals surface area contributed by atoms with Crippen molar-refractivity contribution in [3.63, 3.8) is 0 Å². The molecule has 0 amide bonds. The molecule has 56 valence electrons. The summed E-state index contributed by atoms with van der Waals surface area (Å²) in [5.41, 5.74) is 7.85. The van der Waals surface area contributed by atoms with Gasteiger partial charge in [-0.3, -0.25) is 11.3 Å². The van der Waals surface area contributed by atoms with E-state index in [9.17, 15) is 0 Å². The summed E-state index contributed by atoms with van der Waals surface area (Å²) >= 11 is 0. The summed E-state index contributed by atoms with van der Waals surface area (Å²) in [4.78, 5) is 0. The molecule has 0 aliphatic heterocycles. The maximum atomic E-state index is 5.27. The minimum Gasteiger partial charge on any atom is -0.330 e. The molecule has 0 aromatic rings. The van der Waals surface area contributed by atoms with Gasteiger partial charge in [-0.1, -0.05) is 21.6 Å². The van der Waals surface area contributed by atoms with Crippen molar-refractivity contribution < 1.29 is 0 Å². The van der Waals surface area contributed by atoms with Gasteiger partial charge in [-0.05, 0) is 0 Å². The van der Waals surface area contributed by atoms with Gasteiger partial charge in [0.15, 0.2) is 0 Å². The molecule has 5 heteroatoms. The SMILES string of the molecule is NCCSSCCNN. The Morgan fingerprint density at radius 1 is 1.22 bits per heavy atom. The molecule has 0 atom stereocenters. The number of rotatable bonds is 6. The Hall–Kier alpha value is 0.580. The van der Waals surface area contributed by atoms with E-state index in [1.165, 1.54) is 0 Å². The van der Waals surface area contributed by atoms with Crippen LogP contribution >= 0.6 is 21.6 Å². The van der Waals surface area contributed by atoms with E-state index < -0.39 is 0 Å². The fourth-order valence-corrected chi connectivity index (χ4v) is 2.05. The van der Waals surface area contributed by atoms with Gasteiger partial charge >= 0.3 is 0 Å². The highest BCUT2D eigenvalue weighted by molar-refractivity contribution is 8.76. The summed E-state index contributed by atoms with van der Waals surface area (Å²) in [5, 5.41) is 0. The van der Waals surface area contributed by atoms with Crippen LogP contribution in [0.2, 0.25) is 0 Å². The van der Waals surface area contributed by atoms with Crippen molar-refractivity contribution in [3.8, 4) is 0 Å². The lowest BCUT2D eigenvalue weighted by Crippen LogP contribution is -2.24. The van der Waals surface area contributed by atoms with Crippen LogP contribution in [0.3, 0.4) is 0 Å². The van der Waals surface area contributed by atoms with Crippen LogP contribution in [0, 0.1) is 0 Å². The second-order valence-electron chi connectivity index (χ2n) is 1.39. The minimum atomic E-state index is 0.758. The average molecular weight is 167 g/mol. The zero-order chi connectivity index (χ0) is 6.95. The van der Waals surface area contributed by atoms with Crippen LogP contribution in [0.25, 0.3) is 0 Å². The zero-order valence-electron chi connectivity index (χ0n) is 5.30. The van der Waals surface area contributed by atoms with E-state index in [1.807, 2.05) is 0 Å². The number of hydrogen-bond donors (Lipinski definition) is 3. The number of hydrogen-bond acceptors (Lipinski definition) is 5. The highest BCUT2D eigenvalue weighted by Gasteiger charge is 1.86. The molecule has 0 spiro atoms. The molecule has 0 bridgehead atoms. The van der Waals surface area contributed by atoms with Crippen molar-refractivity contribution in [2.75, 3.05) is 24.6 Å². The second-order valence-corrected chi connectivity index (χ2v) is 4.09. The molecule has 0 heterocycles. The Morgan fingerprint density at radius 3 is 2.44 bits per heavy atom. The first-order valence-corrected chi connectivity index (χ1v) is 5.28. The molecule has 0 aliphatic rings. The molecular weight excluding hydrogens is 154 g/mol. The molecule has 0 aromatic carbocycles. The summed E-state index contributed by atoms with van der Waals surface area (Å²) in [7, 11) is 3.59. The lowest BCUT2D eigenvalue weighted by atomic mass is 10.8. The topological polar surface area (TPSA) is 64.1 Å². The van der Waals surface area contributed by atoms with Crippen molar-refractivity contribution in [1.29, 1.82) is 0 Å². The maximum absolute atomic E-state index is 5.27. The number of nitrogens with one attached hydrogen (secondary N) is 1. The monoisotopic (exact) mass is 167 g/mol. The molecule has 0 saturated carbocycles. The molecular formula is C4H13N3S2.